The van der Waals surface area contributed by atoms with E-state index in [0.29, 0.717) is 30.4 Å². The average Bonchev–Trinajstić information content (AvgIpc) is 3.40. The Hall–Kier alpha value is -2.48. The van der Waals surface area contributed by atoms with Crippen LogP contribution in [0.15, 0.2) is 33.9 Å². The number of aliphatic imine (C=N–C) groups is 1. The predicted octanol–water partition coefficient (Wildman–Crippen LogP) is 2.05. The van der Waals surface area contributed by atoms with Crippen LogP contribution in [0.4, 0.5) is 0 Å². The van der Waals surface area contributed by atoms with E-state index in [4.69, 9.17) is 9.26 Å². The minimum Gasteiger partial charge on any atom is -0.381 e. The van der Waals surface area contributed by atoms with Crippen LogP contribution in [0.25, 0.3) is 11.6 Å². The quantitative estimate of drug-likeness (QED) is 0.354. The summed E-state index contributed by atoms with van der Waals surface area (Å²) in [6.07, 6.45) is 5.94. The zero-order valence-corrected chi connectivity index (χ0v) is 15.9. The summed E-state index contributed by atoms with van der Waals surface area (Å²) in [5, 5.41) is 10.5. The van der Waals surface area contributed by atoms with Gasteiger partial charge >= 0.3 is 0 Å². The van der Waals surface area contributed by atoms with Crippen molar-refractivity contribution in [1.29, 1.82) is 0 Å². The Bertz CT molecular complexity index is 699. The van der Waals surface area contributed by atoms with Crippen LogP contribution in [0, 0.1) is 5.92 Å². The maximum atomic E-state index is 5.63. The summed E-state index contributed by atoms with van der Waals surface area (Å²) in [7, 11) is 0. The summed E-state index contributed by atoms with van der Waals surface area (Å²) in [4.78, 5) is 13.2. The number of hydrogen-bond acceptors (Lipinski definition) is 6. The molecule has 3 rings (SSSR count). The van der Waals surface area contributed by atoms with Gasteiger partial charge in [-0.15, -0.1) is 0 Å². The van der Waals surface area contributed by atoms with Crippen molar-refractivity contribution in [3.63, 3.8) is 0 Å². The fraction of sp³-hybridized carbons (Fsp3) is 0.579. The third-order valence-electron chi connectivity index (χ3n) is 4.10. The van der Waals surface area contributed by atoms with Crippen LogP contribution in [-0.4, -0.2) is 53.9 Å². The summed E-state index contributed by atoms with van der Waals surface area (Å²) in [6.45, 7) is 5.97. The topological polar surface area (TPSA) is 97.5 Å². The minimum atomic E-state index is 0.442. The monoisotopic (exact) mass is 372 g/mol. The SMILES string of the molecule is CCNC(=NCCCOCC1CC1)NCCc1noc(-c2ccccn2)n1. The van der Waals surface area contributed by atoms with Crippen molar-refractivity contribution in [2.45, 2.75) is 32.6 Å². The van der Waals surface area contributed by atoms with Crippen LogP contribution in [0.1, 0.15) is 32.0 Å². The Labute approximate surface area is 159 Å². The Morgan fingerprint density at radius 2 is 2.26 bits per heavy atom. The maximum absolute atomic E-state index is 5.63. The molecule has 0 saturated heterocycles. The molecule has 2 aromatic heterocycles. The fourth-order valence-corrected chi connectivity index (χ4v) is 2.48. The first-order chi connectivity index (χ1) is 13.3. The molecule has 0 aromatic carbocycles. The van der Waals surface area contributed by atoms with Crippen LogP contribution < -0.4 is 10.6 Å². The smallest absolute Gasteiger partial charge is 0.276 e. The number of guanidine groups is 1. The molecule has 2 N–H and O–H groups in total. The number of aromatic nitrogens is 3. The van der Waals surface area contributed by atoms with E-state index in [1.165, 1.54) is 12.8 Å². The largest absolute Gasteiger partial charge is 0.381 e. The highest BCUT2D eigenvalue weighted by atomic mass is 16.5. The summed E-state index contributed by atoms with van der Waals surface area (Å²) >= 11 is 0. The van der Waals surface area contributed by atoms with Crippen molar-refractivity contribution < 1.29 is 9.26 Å². The van der Waals surface area contributed by atoms with Gasteiger partial charge in [0.05, 0.1) is 0 Å². The zero-order valence-electron chi connectivity index (χ0n) is 15.9. The molecular formula is C19H28N6O2. The maximum Gasteiger partial charge on any atom is 0.276 e. The lowest BCUT2D eigenvalue weighted by atomic mass is 10.3. The number of nitrogens with zero attached hydrogens (tertiary/aromatic N) is 4. The third-order valence-corrected chi connectivity index (χ3v) is 4.10. The van der Waals surface area contributed by atoms with Crippen LogP contribution >= 0.6 is 0 Å². The van der Waals surface area contributed by atoms with Crippen LogP contribution in [0.5, 0.6) is 0 Å². The average molecular weight is 372 g/mol. The van der Waals surface area contributed by atoms with Gasteiger partial charge in [-0.2, -0.15) is 4.98 Å². The van der Waals surface area contributed by atoms with Gasteiger partial charge in [0.2, 0.25) is 0 Å². The van der Waals surface area contributed by atoms with E-state index in [1.807, 2.05) is 25.1 Å². The third kappa shape index (κ3) is 6.97. The molecular weight excluding hydrogens is 344 g/mol. The van der Waals surface area contributed by atoms with Crippen LogP contribution in [0.3, 0.4) is 0 Å². The van der Waals surface area contributed by atoms with Gasteiger partial charge in [-0.3, -0.25) is 9.98 Å². The summed E-state index contributed by atoms with van der Waals surface area (Å²) < 4.78 is 10.9. The molecule has 0 atom stereocenters. The molecule has 8 heteroatoms. The molecule has 146 valence electrons. The summed E-state index contributed by atoms with van der Waals surface area (Å²) in [5.41, 5.74) is 0.683. The van der Waals surface area contributed by atoms with Crippen LogP contribution in [-0.2, 0) is 11.2 Å². The Morgan fingerprint density at radius 3 is 3.04 bits per heavy atom. The Morgan fingerprint density at radius 1 is 1.33 bits per heavy atom. The van der Waals surface area contributed by atoms with E-state index < -0.39 is 0 Å². The Kier molecular flexibility index (Phi) is 7.58. The Balaban J connectivity index is 1.37. The second-order valence-electron chi connectivity index (χ2n) is 6.54. The second-order valence-corrected chi connectivity index (χ2v) is 6.54. The van der Waals surface area contributed by atoms with E-state index in [2.05, 4.69) is 30.8 Å². The van der Waals surface area contributed by atoms with E-state index >= 15 is 0 Å². The predicted molar refractivity (Wildman–Crippen MR) is 103 cm³/mol. The van der Waals surface area contributed by atoms with Gasteiger partial charge in [0.15, 0.2) is 11.8 Å². The van der Waals surface area contributed by atoms with E-state index in [0.717, 1.165) is 44.6 Å². The molecule has 1 saturated carbocycles. The molecule has 27 heavy (non-hydrogen) atoms. The molecule has 1 fully saturated rings. The lowest BCUT2D eigenvalue weighted by Gasteiger charge is -2.10. The first-order valence-corrected chi connectivity index (χ1v) is 9.69. The fourth-order valence-electron chi connectivity index (χ4n) is 2.48. The van der Waals surface area contributed by atoms with Gasteiger partial charge in [0.25, 0.3) is 5.89 Å². The van der Waals surface area contributed by atoms with Crippen LogP contribution in [0.2, 0.25) is 0 Å². The van der Waals surface area contributed by atoms with Crippen molar-refractivity contribution >= 4 is 5.96 Å². The number of pyridine rings is 1. The number of rotatable bonds is 11. The van der Waals surface area contributed by atoms with Gasteiger partial charge in [-0.05, 0) is 44.2 Å². The molecule has 2 heterocycles. The number of ether oxygens (including phenoxy) is 1. The molecule has 0 radical (unpaired) electrons. The van der Waals surface area contributed by atoms with Crippen molar-refractivity contribution in [1.82, 2.24) is 25.8 Å². The van der Waals surface area contributed by atoms with Gasteiger partial charge < -0.3 is 19.9 Å². The highest BCUT2D eigenvalue weighted by Gasteiger charge is 2.20. The molecule has 0 aliphatic heterocycles. The van der Waals surface area contributed by atoms with Crippen molar-refractivity contribution in [2.75, 3.05) is 32.8 Å². The normalized spacial score (nSPS) is 14.3. The van der Waals surface area contributed by atoms with Gasteiger partial charge in [0.1, 0.15) is 5.69 Å². The molecule has 0 unspecified atom stereocenters. The second kappa shape index (κ2) is 10.6. The highest BCUT2D eigenvalue weighted by Crippen LogP contribution is 2.28. The number of hydrogen-bond donors (Lipinski definition) is 2. The molecule has 0 amide bonds. The van der Waals surface area contributed by atoms with E-state index in [-0.39, 0.29) is 0 Å². The van der Waals surface area contributed by atoms with Gasteiger partial charge in [-0.1, -0.05) is 11.2 Å². The standard InChI is InChI=1S/C19H28N6O2/c1-2-20-19(22-11-5-13-26-14-15-7-8-15)23-12-9-17-24-18(27-25-17)16-6-3-4-10-21-16/h3-4,6,10,15H,2,5,7-9,11-14H2,1H3,(H2,20,22,23). The van der Waals surface area contributed by atoms with Crippen molar-refractivity contribution in [2.24, 2.45) is 10.9 Å². The molecule has 2 aromatic rings. The minimum absolute atomic E-state index is 0.442. The first-order valence-electron chi connectivity index (χ1n) is 9.69. The molecule has 0 spiro atoms. The number of nitrogens with one attached hydrogen (secondary N) is 2. The zero-order chi connectivity index (χ0) is 18.7. The van der Waals surface area contributed by atoms with Crippen molar-refractivity contribution in [3.8, 4) is 11.6 Å². The van der Waals surface area contributed by atoms with Gasteiger partial charge in [0, 0.05) is 45.5 Å². The molecule has 0 bridgehead atoms. The summed E-state index contributed by atoms with van der Waals surface area (Å²) in [5.74, 6) is 2.70. The lowest BCUT2D eigenvalue weighted by molar-refractivity contribution is 0.123. The molecule has 1 aliphatic carbocycles. The summed E-state index contributed by atoms with van der Waals surface area (Å²) in [6, 6.07) is 5.59. The van der Waals surface area contributed by atoms with E-state index in [1.54, 1.807) is 6.20 Å². The molecule has 8 nitrogen and oxygen atoms in total. The highest BCUT2D eigenvalue weighted by molar-refractivity contribution is 5.79. The van der Waals surface area contributed by atoms with Crippen molar-refractivity contribution in [3.05, 3.63) is 30.2 Å². The first kappa shape index (κ1) is 19.3. The molecule has 1 aliphatic rings. The lowest BCUT2D eigenvalue weighted by Crippen LogP contribution is -2.38. The van der Waals surface area contributed by atoms with E-state index in [9.17, 15) is 0 Å². The van der Waals surface area contributed by atoms with Gasteiger partial charge in [-0.25, -0.2) is 0 Å².